The van der Waals surface area contributed by atoms with Crippen LogP contribution in [0.2, 0.25) is 10.0 Å². The first-order chi connectivity index (χ1) is 11.3. The predicted molar refractivity (Wildman–Crippen MR) is 89.7 cm³/mol. The zero-order valence-electron chi connectivity index (χ0n) is 12.0. The van der Waals surface area contributed by atoms with E-state index in [2.05, 4.69) is 5.32 Å². The lowest BCUT2D eigenvalue weighted by molar-refractivity contribution is -0.393. The Morgan fingerprint density at radius 3 is 2.21 bits per heavy atom. The van der Waals surface area contributed by atoms with Crippen molar-refractivity contribution in [2.75, 3.05) is 11.9 Å². The van der Waals surface area contributed by atoms with Crippen LogP contribution in [0.4, 0.5) is 17.1 Å². The Morgan fingerprint density at radius 2 is 1.67 bits per heavy atom. The van der Waals surface area contributed by atoms with Crippen LogP contribution in [0.25, 0.3) is 0 Å². The molecule has 0 bridgehead atoms. The van der Waals surface area contributed by atoms with E-state index in [0.29, 0.717) is 15.6 Å². The molecule has 0 fully saturated rings. The summed E-state index contributed by atoms with van der Waals surface area (Å²) >= 11 is 11.7. The number of anilines is 1. The molecule has 2 rings (SSSR count). The molecule has 0 aliphatic carbocycles. The van der Waals surface area contributed by atoms with E-state index in [9.17, 15) is 25.3 Å². The van der Waals surface area contributed by atoms with E-state index >= 15 is 0 Å². The van der Waals surface area contributed by atoms with Crippen LogP contribution in [0.5, 0.6) is 0 Å². The van der Waals surface area contributed by atoms with Gasteiger partial charge in [-0.05, 0) is 29.8 Å². The summed E-state index contributed by atoms with van der Waals surface area (Å²) in [5.41, 5.74) is -0.364. The summed E-state index contributed by atoms with van der Waals surface area (Å²) in [5.74, 6) is 0. The highest BCUT2D eigenvalue weighted by Gasteiger charge is 2.20. The number of aliphatic hydroxyl groups is 1. The monoisotopic (exact) mass is 371 g/mol. The van der Waals surface area contributed by atoms with Crippen LogP contribution in [0, 0.1) is 20.2 Å². The van der Waals surface area contributed by atoms with Crippen molar-refractivity contribution >= 4 is 40.3 Å². The number of halogens is 2. The molecule has 2 aromatic rings. The van der Waals surface area contributed by atoms with E-state index in [-0.39, 0.29) is 12.2 Å². The third-order valence-electron chi connectivity index (χ3n) is 3.14. The quantitative estimate of drug-likeness (QED) is 0.585. The molecule has 2 N–H and O–H groups in total. The first-order valence-electron chi connectivity index (χ1n) is 6.58. The van der Waals surface area contributed by atoms with E-state index in [0.717, 1.165) is 12.1 Å². The number of nitrogens with zero attached hydrogens (tertiary/aromatic N) is 2. The van der Waals surface area contributed by atoms with Gasteiger partial charge in [0.1, 0.15) is 5.69 Å². The molecule has 0 saturated heterocycles. The van der Waals surface area contributed by atoms with Crippen LogP contribution in [-0.2, 0) is 0 Å². The van der Waals surface area contributed by atoms with E-state index in [4.69, 9.17) is 23.2 Å². The molecule has 0 spiro atoms. The molecule has 0 aliphatic heterocycles. The van der Waals surface area contributed by atoms with Gasteiger partial charge in [0.2, 0.25) is 0 Å². The minimum absolute atomic E-state index is 0.0535. The Bertz CT molecular complexity index is 780. The van der Waals surface area contributed by atoms with Crippen molar-refractivity contribution < 1.29 is 15.0 Å². The van der Waals surface area contributed by atoms with Gasteiger partial charge in [0.25, 0.3) is 11.4 Å². The second-order valence-electron chi connectivity index (χ2n) is 4.82. The number of aliphatic hydroxyl groups excluding tert-OH is 1. The molecule has 0 amide bonds. The van der Waals surface area contributed by atoms with Crippen molar-refractivity contribution in [1.29, 1.82) is 0 Å². The average Bonchev–Trinajstić information content (AvgIpc) is 2.51. The highest BCUT2D eigenvalue weighted by molar-refractivity contribution is 6.34. The van der Waals surface area contributed by atoms with E-state index < -0.39 is 27.3 Å². The van der Waals surface area contributed by atoms with Gasteiger partial charge in [-0.1, -0.05) is 23.2 Å². The van der Waals surface area contributed by atoms with Gasteiger partial charge >= 0.3 is 0 Å². The van der Waals surface area contributed by atoms with Gasteiger partial charge in [-0.25, -0.2) is 0 Å². The van der Waals surface area contributed by atoms with Gasteiger partial charge in [0.05, 0.1) is 22.0 Å². The van der Waals surface area contributed by atoms with E-state index in [1.807, 2.05) is 0 Å². The Kier molecular flexibility index (Phi) is 5.55. The molecular formula is C14H11Cl2N3O5. The fourth-order valence-electron chi connectivity index (χ4n) is 2.03. The fraction of sp³-hybridized carbons (Fsp3) is 0.143. The van der Waals surface area contributed by atoms with Crippen LogP contribution < -0.4 is 5.32 Å². The smallest absolute Gasteiger partial charge is 0.299 e. The number of hydrogen-bond donors (Lipinski definition) is 2. The lowest BCUT2D eigenvalue weighted by Gasteiger charge is -2.14. The van der Waals surface area contributed by atoms with Crippen LogP contribution in [-0.4, -0.2) is 21.5 Å². The van der Waals surface area contributed by atoms with Crippen molar-refractivity contribution in [3.63, 3.8) is 0 Å². The topological polar surface area (TPSA) is 119 Å². The number of nitrogens with one attached hydrogen (secondary N) is 1. The maximum absolute atomic E-state index is 11.0. The Labute approximate surface area is 145 Å². The molecule has 2 aromatic carbocycles. The molecule has 0 saturated carbocycles. The first kappa shape index (κ1) is 17.9. The fourth-order valence-corrected chi connectivity index (χ4v) is 2.57. The number of rotatable bonds is 6. The number of non-ortho nitro benzene ring substituents is 1. The van der Waals surface area contributed by atoms with Crippen LogP contribution in [0.1, 0.15) is 11.7 Å². The van der Waals surface area contributed by atoms with Crippen LogP contribution in [0.3, 0.4) is 0 Å². The van der Waals surface area contributed by atoms with Crippen LogP contribution >= 0.6 is 23.2 Å². The third kappa shape index (κ3) is 4.31. The highest BCUT2D eigenvalue weighted by atomic mass is 35.5. The lowest BCUT2D eigenvalue weighted by Crippen LogP contribution is -2.13. The summed E-state index contributed by atoms with van der Waals surface area (Å²) in [4.78, 5) is 20.3. The summed E-state index contributed by atoms with van der Waals surface area (Å²) in [6.45, 7) is -0.0741. The van der Waals surface area contributed by atoms with E-state index in [1.165, 1.54) is 24.3 Å². The van der Waals surface area contributed by atoms with Gasteiger partial charge in [-0.15, -0.1) is 0 Å². The minimum Gasteiger partial charge on any atom is -0.387 e. The maximum atomic E-state index is 11.0. The lowest BCUT2D eigenvalue weighted by atomic mass is 10.1. The summed E-state index contributed by atoms with van der Waals surface area (Å²) in [7, 11) is 0. The zero-order chi connectivity index (χ0) is 17.9. The molecule has 24 heavy (non-hydrogen) atoms. The number of hydrogen-bond acceptors (Lipinski definition) is 6. The van der Waals surface area contributed by atoms with Crippen LogP contribution in [0.15, 0.2) is 36.4 Å². The molecule has 1 atom stereocenters. The molecule has 0 radical (unpaired) electrons. The maximum Gasteiger partial charge on any atom is 0.299 e. The number of nitro benzene ring substituents is 2. The van der Waals surface area contributed by atoms with Gasteiger partial charge in [-0.2, -0.15) is 0 Å². The Balaban J connectivity index is 2.19. The van der Waals surface area contributed by atoms with E-state index in [1.54, 1.807) is 0 Å². The second kappa shape index (κ2) is 7.43. The highest BCUT2D eigenvalue weighted by Crippen LogP contribution is 2.30. The zero-order valence-corrected chi connectivity index (χ0v) is 13.5. The third-order valence-corrected chi connectivity index (χ3v) is 3.58. The van der Waals surface area contributed by atoms with Crippen molar-refractivity contribution in [2.24, 2.45) is 0 Å². The molecule has 126 valence electrons. The molecule has 0 heterocycles. The standard InChI is InChI=1S/C14H11Cl2N3O5/c15-9-3-8(4-10(16)5-9)14(20)7-17-12-2-1-11(18(21)22)6-13(12)19(23)24/h1-6,14,17,20H,7H2. The Hall–Kier alpha value is -2.42. The summed E-state index contributed by atoms with van der Waals surface area (Å²) in [6, 6.07) is 7.75. The molecule has 0 aliphatic rings. The number of benzene rings is 2. The molecule has 0 aromatic heterocycles. The molecule has 10 heteroatoms. The van der Waals surface area contributed by atoms with Gasteiger partial charge in [0.15, 0.2) is 0 Å². The minimum atomic E-state index is -1.03. The second-order valence-corrected chi connectivity index (χ2v) is 5.69. The predicted octanol–water partition coefficient (Wildman–Crippen LogP) is 3.96. The molecule has 8 nitrogen and oxygen atoms in total. The summed E-state index contributed by atoms with van der Waals surface area (Å²) in [5, 5.41) is 35.3. The largest absolute Gasteiger partial charge is 0.387 e. The SMILES string of the molecule is O=[N+]([O-])c1ccc(NCC(O)c2cc(Cl)cc(Cl)c2)c([N+](=O)[O-])c1. The Morgan fingerprint density at radius 1 is 1.04 bits per heavy atom. The molecular weight excluding hydrogens is 361 g/mol. The van der Waals surface area contributed by atoms with Crippen molar-refractivity contribution in [1.82, 2.24) is 0 Å². The van der Waals surface area contributed by atoms with Crippen molar-refractivity contribution in [2.45, 2.75) is 6.10 Å². The average molecular weight is 372 g/mol. The van der Waals surface area contributed by atoms with Crippen molar-refractivity contribution in [3.05, 3.63) is 72.2 Å². The summed E-state index contributed by atoms with van der Waals surface area (Å²) in [6.07, 6.45) is -1.03. The van der Waals surface area contributed by atoms with Crippen molar-refractivity contribution in [3.8, 4) is 0 Å². The van der Waals surface area contributed by atoms with Gasteiger partial charge in [-0.3, -0.25) is 20.2 Å². The molecule has 1 unspecified atom stereocenters. The number of nitro groups is 2. The van der Waals surface area contributed by atoms with Gasteiger partial charge in [0, 0.05) is 22.7 Å². The van der Waals surface area contributed by atoms with Gasteiger partial charge < -0.3 is 10.4 Å². The first-order valence-corrected chi connectivity index (χ1v) is 7.34. The summed E-state index contributed by atoms with van der Waals surface area (Å²) < 4.78 is 0. The normalized spacial score (nSPS) is 11.8.